The highest BCUT2D eigenvalue weighted by Crippen LogP contribution is 2.11. The Labute approximate surface area is 158 Å². The lowest BCUT2D eigenvalue weighted by atomic mass is 10.1. The van der Waals surface area contributed by atoms with E-state index in [1.807, 2.05) is 12.1 Å². The first-order valence-electron chi connectivity index (χ1n) is 9.70. The first-order chi connectivity index (χ1) is 12.6. The molecule has 3 nitrogen and oxygen atoms in total. The van der Waals surface area contributed by atoms with Gasteiger partial charge in [-0.1, -0.05) is 66.8 Å². The lowest BCUT2D eigenvalue weighted by molar-refractivity contribution is 0.0375. The molecule has 0 atom stereocenters. The quantitative estimate of drug-likeness (QED) is 0.760. The molecule has 1 aliphatic rings. The average Bonchev–Trinajstić information content (AvgIpc) is 2.69. The molecule has 0 unspecified atom stereocenters. The summed E-state index contributed by atoms with van der Waals surface area (Å²) in [5.74, 6) is 0. The Balaban J connectivity index is 1.62. The Morgan fingerprint density at radius 3 is 2.38 bits per heavy atom. The molecule has 0 saturated carbocycles. The fraction of sp³-hybridized carbons (Fsp3) is 0.455. The minimum Gasteiger partial charge on any atom is -0.392 e. The zero-order chi connectivity index (χ0) is 18.4. The normalized spacial score (nSPS) is 16.0. The van der Waals surface area contributed by atoms with Crippen LogP contribution in [0.1, 0.15) is 17.5 Å². The minimum atomic E-state index is -1.78. The van der Waals surface area contributed by atoms with E-state index < -0.39 is 8.07 Å². The third-order valence-electron chi connectivity index (χ3n) is 5.58. The summed E-state index contributed by atoms with van der Waals surface area (Å²) in [4.78, 5) is 2.50. The van der Waals surface area contributed by atoms with Crippen molar-refractivity contribution in [2.45, 2.75) is 32.5 Å². The molecule has 0 bridgehead atoms. The first-order valence-corrected chi connectivity index (χ1v) is 12.7. The lowest BCUT2D eigenvalue weighted by Crippen LogP contribution is -2.54. The maximum atomic E-state index is 9.69. The largest absolute Gasteiger partial charge is 0.392 e. The van der Waals surface area contributed by atoms with Gasteiger partial charge in [-0.2, -0.15) is 0 Å². The molecule has 0 spiro atoms. The van der Waals surface area contributed by atoms with Gasteiger partial charge in [-0.05, 0) is 35.7 Å². The molecule has 0 amide bonds. The molecule has 140 valence electrons. The summed E-state index contributed by atoms with van der Waals surface area (Å²) in [5.41, 5.74) is 2.49. The van der Waals surface area contributed by atoms with Crippen molar-refractivity contribution in [3.8, 4) is 0 Å². The van der Waals surface area contributed by atoms with Crippen LogP contribution < -0.4 is 10.4 Å². The van der Waals surface area contributed by atoms with Crippen LogP contribution in [0.4, 0.5) is 0 Å². The second-order valence-electron chi connectivity index (χ2n) is 7.69. The number of ether oxygens (including phenoxy) is 1. The molecule has 3 rings (SSSR count). The van der Waals surface area contributed by atoms with Crippen LogP contribution in [0.25, 0.3) is 0 Å². The molecule has 1 heterocycles. The van der Waals surface area contributed by atoms with Gasteiger partial charge in [0.05, 0.1) is 19.8 Å². The predicted molar refractivity (Wildman–Crippen MR) is 111 cm³/mol. The summed E-state index contributed by atoms with van der Waals surface area (Å²) < 4.78 is 5.41. The number of hydrogen-bond donors (Lipinski definition) is 1. The molecule has 1 fully saturated rings. The zero-order valence-corrected chi connectivity index (χ0v) is 17.1. The highest BCUT2D eigenvalue weighted by molar-refractivity contribution is 7.00. The summed E-state index contributed by atoms with van der Waals surface area (Å²) in [6.45, 7) is 9.92. The van der Waals surface area contributed by atoms with Gasteiger partial charge in [0, 0.05) is 13.1 Å². The van der Waals surface area contributed by atoms with Crippen molar-refractivity contribution in [1.82, 2.24) is 4.90 Å². The SMILES string of the molecule is C[Si](C)(c1ccc(CCCN2CCOCC2)cc1)c1ccccc1CO. The number of rotatable bonds is 7. The molecular formula is C22H31NO2Si. The Morgan fingerprint density at radius 2 is 1.69 bits per heavy atom. The highest BCUT2D eigenvalue weighted by Gasteiger charge is 2.27. The van der Waals surface area contributed by atoms with Crippen molar-refractivity contribution in [2.75, 3.05) is 32.8 Å². The molecule has 2 aromatic rings. The molecule has 0 aromatic heterocycles. The molecule has 0 aliphatic carbocycles. The summed E-state index contributed by atoms with van der Waals surface area (Å²) in [5, 5.41) is 12.4. The van der Waals surface area contributed by atoms with Gasteiger partial charge < -0.3 is 9.84 Å². The van der Waals surface area contributed by atoms with Gasteiger partial charge in [0.2, 0.25) is 0 Å². The molecule has 1 saturated heterocycles. The molecular weight excluding hydrogens is 338 g/mol. The number of morpholine rings is 1. The average molecular weight is 370 g/mol. The van der Waals surface area contributed by atoms with Gasteiger partial charge in [0.25, 0.3) is 0 Å². The molecule has 1 aliphatic heterocycles. The summed E-state index contributed by atoms with van der Waals surface area (Å²) in [7, 11) is -1.78. The van der Waals surface area contributed by atoms with Gasteiger partial charge in [-0.15, -0.1) is 0 Å². The van der Waals surface area contributed by atoms with Crippen LogP contribution in [0.5, 0.6) is 0 Å². The Hall–Kier alpha value is -1.46. The van der Waals surface area contributed by atoms with Crippen molar-refractivity contribution in [1.29, 1.82) is 0 Å². The van der Waals surface area contributed by atoms with E-state index in [9.17, 15) is 5.11 Å². The number of nitrogens with zero attached hydrogens (tertiary/aromatic N) is 1. The topological polar surface area (TPSA) is 32.7 Å². The van der Waals surface area contributed by atoms with Crippen molar-refractivity contribution >= 4 is 18.4 Å². The van der Waals surface area contributed by atoms with Crippen molar-refractivity contribution < 1.29 is 9.84 Å². The number of aliphatic hydroxyl groups excluding tert-OH is 1. The maximum absolute atomic E-state index is 9.69. The lowest BCUT2D eigenvalue weighted by Gasteiger charge is -2.27. The van der Waals surface area contributed by atoms with Crippen LogP contribution in [0.2, 0.25) is 13.1 Å². The van der Waals surface area contributed by atoms with E-state index in [-0.39, 0.29) is 6.61 Å². The van der Waals surface area contributed by atoms with Gasteiger partial charge in [-0.3, -0.25) is 4.90 Å². The molecule has 1 N–H and O–H groups in total. The van der Waals surface area contributed by atoms with E-state index in [4.69, 9.17) is 4.74 Å². The van der Waals surface area contributed by atoms with E-state index >= 15 is 0 Å². The van der Waals surface area contributed by atoms with Crippen molar-refractivity contribution in [2.24, 2.45) is 0 Å². The van der Waals surface area contributed by atoms with Crippen LogP contribution >= 0.6 is 0 Å². The van der Waals surface area contributed by atoms with Crippen molar-refractivity contribution in [3.05, 3.63) is 59.7 Å². The van der Waals surface area contributed by atoms with Crippen molar-refractivity contribution in [3.63, 3.8) is 0 Å². The standard InChI is InChI=1S/C22H31NO2Si/c1-26(2,22-8-4-3-7-20(22)18-24)21-11-9-19(10-12-21)6-5-13-23-14-16-25-17-15-23/h3-4,7-12,24H,5-6,13-18H2,1-2H3. The van der Waals surface area contributed by atoms with Gasteiger partial charge in [0.15, 0.2) is 0 Å². The van der Waals surface area contributed by atoms with E-state index in [1.165, 1.54) is 22.4 Å². The number of benzene rings is 2. The summed E-state index contributed by atoms with van der Waals surface area (Å²) in [6, 6.07) is 17.5. The van der Waals surface area contributed by atoms with Crippen LogP contribution in [0.15, 0.2) is 48.5 Å². The van der Waals surface area contributed by atoms with Crippen LogP contribution in [-0.2, 0) is 17.8 Å². The Bertz CT molecular complexity index is 694. The Kier molecular flexibility index (Phi) is 6.65. The van der Waals surface area contributed by atoms with Crippen LogP contribution in [0, 0.1) is 0 Å². The Morgan fingerprint density at radius 1 is 1.00 bits per heavy atom. The second-order valence-corrected chi connectivity index (χ2v) is 12.1. The van der Waals surface area contributed by atoms with Gasteiger partial charge in [0.1, 0.15) is 8.07 Å². The molecule has 0 radical (unpaired) electrons. The third kappa shape index (κ3) is 4.63. The monoisotopic (exact) mass is 369 g/mol. The maximum Gasteiger partial charge on any atom is 0.112 e. The number of aliphatic hydroxyl groups is 1. The van der Waals surface area contributed by atoms with E-state index in [1.54, 1.807) is 0 Å². The van der Waals surface area contributed by atoms with E-state index in [0.717, 1.165) is 44.8 Å². The second kappa shape index (κ2) is 8.96. The zero-order valence-electron chi connectivity index (χ0n) is 16.1. The van der Waals surface area contributed by atoms with E-state index in [2.05, 4.69) is 54.4 Å². The highest BCUT2D eigenvalue weighted by atomic mass is 28.3. The number of hydrogen-bond acceptors (Lipinski definition) is 3. The fourth-order valence-electron chi connectivity index (χ4n) is 3.84. The molecule has 4 heteroatoms. The summed E-state index contributed by atoms with van der Waals surface area (Å²) in [6.07, 6.45) is 2.33. The van der Waals surface area contributed by atoms with Crippen LogP contribution in [-0.4, -0.2) is 50.9 Å². The molecule has 2 aromatic carbocycles. The van der Waals surface area contributed by atoms with Crippen LogP contribution in [0.3, 0.4) is 0 Å². The predicted octanol–water partition coefficient (Wildman–Crippen LogP) is 2.27. The van der Waals surface area contributed by atoms with E-state index in [0.29, 0.717) is 0 Å². The summed E-state index contributed by atoms with van der Waals surface area (Å²) >= 11 is 0. The first kappa shape index (κ1) is 19.3. The fourth-order valence-corrected chi connectivity index (χ4v) is 6.63. The molecule has 26 heavy (non-hydrogen) atoms. The number of aryl methyl sites for hydroxylation is 1. The smallest absolute Gasteiger partial charge is 0.112 e. The van der Waals surface area contributed by atoms with Gasteiger partial charge >= 0.3 is 0 Å². The minimum absolute atomic E-state index is 0.117. The third-order valence-corrected chi connectivity index (χ3v) is 9.19. The van der Waals surface area contributed by atoms with Gasteiger partial charge in [-0.25, -0.2) is 0 Å².